The highest BCUT2D eigenvalue weighted by Crippen LogP contribution is 2.11. The number of benzene rings is 1. The van der Waals surface area contributed by atoms with Crippen LogP contribution in [0, 0.1) is 0 Å². The molecule has 19 heavy (non-hydrogen) atoms. The van der Waals surface area contributed by atoms with Crippen LogP contribution in [-0.4, -0.2) is 26.1 Å². The molecule has 6 nitrogen and oxygen atoms in total. The molecule has 0 fully saturated rings. The first kappa shape index (κ1) is 11.5. The number of nitrogens with one attached hydrogen (secondary N) is 1. The quantitative estimate of drug-likeness (QED) is 0.737. The molecule has 3 N–H and O–H groups in total. The zero-order valence-electron chi connectivity index (χ0n) is 10.3. The van der Waals surface area contributed by atoms with Gasteiger partial charge in [-0.2, -0.15) is 0 Å². The molecule has 0 saturated carbocycles. The zero-order valence-corrected chi connectivity index (χ0v) is 10.3. The lowest BCUT2D eigenvalue weighted by atomic mass is 10.2. The molecule has 0 radical (unpaired) electrons. The summed E-state index contributed by atoms with van der Waals surface area (Å²) in [7, 11) is 0. The average Bonchev–Trinajstić information content (AvgIpc) is 2.84. The van der Waals surface area contributed by atoms with E-state index >= 15 is 0 Å². The van der Waals surface area contributed by atoms with Crippen LogP contribution in [0.25, 0.3) is 10.9 Å². The zero-order chi connectivity index (χ0) is 13.1. The molecule has 0 spiro atoms. The molecule has 0 aliphatic rings. The maximum Gasteiger partial charge on any atom is 0.223 e. The van der Waals surface area contributed by atoms with Crippen LogP contribution in [0.15, 0.2) is 43.0 Å². The van der Waals surface area contributed by atoms with E-state index in [1.807, 2.05) is 35.0 Å². The van der Waals surface area contributed by atoms with Gasteiger partial charge in [0.05, 0.1) is 11.8 Å². The molecule has 3 aromatic rings. The van der Waals surface area contributed by atoms with Crippen LogP contribution in [0.1, 0.15) is 0 Å². The standard InChI is InChI=1S/C13H14N6/c14-12-8-19(9-17-12)6-5-15-13-16-7-10-3-1-2-4-11(10)18-13/h1-4,7-9H,5-6,14H2,(H,15,16,18). The Balaban J connectivity index is 1.65. The first-order valence-electron chi connectivity index (χ1n) is 6.04. The van der Waals surface area contributed by atoms with Crippen LogP contribution < -0.4 is 11.1 Å². The lowest BCUT2D eigenvalue weighted by Crippen LogP contribution is -2.11. The molecule has 0 aliphatic heterocycles. The smallest absolute Gasteiger partial charge is 0.223 e. The number of hydrogen-bond donors (Lipinski definition) is 2. The minimum Gasteiger partial charge on any atom is -0.382 e. The van der Waals surface area contributed by atoms with Gasteiger partial charge in [-0.05, 0) is 6.07 Å². The molecule has 2 heterocycles. The van der Waals surface area contributed by atoms with Crippen molar-refractivity contribution < 1.29 is 0 Å². The van der Waals surface area contributed by atoms with Crippen molar-refractivity contribution in [1.82, 2.24) is 19.5 Å². The number of imidazole rings is 1. The topological polar surface area (TPSA) is 81.6 Å². The van der Waals surface area contributed by atoms with Gasteiger partial charge in [0, 0.05) is 30.9 Å². The van der Waals surface area contributed by atoms with E-state index in [9.17, 15) is 0 Å². The Kier molecular flexibility index (Phi) is 2.97. The maximum atomic E-state index is 5.55. The number of aromatic nitrogens is 4. The monoisotopic (exact) mass is 254 g/mol. The van der Waals surface area contributed by atoms with E-state index in [0.717, 1.165) is 17.4 Å². The Hall–Kier alpha value is -2.63. The van der Waals surface area contributed by atoms with Crippen LogP contribution in [0.2, 0.25) is 0 Å². The number of para-hydroxylation sites is 1. The van der Waals surface area contributed by atoms with E-state index in [-0.39, 0.29) is 0 Å². The summed E-state index contributed by atoms with van der Waals surface area (Å²) in [6.07, 6.45) is 5.32. The molecule has 0 unspecified atom stereocenters. The third kappa shape index (κ3) is 2.62. The Morgan fingerprint density at radius 3 is 2.95 bits per heavy atom. The summed E-state index contributed by atoms with van der Waals surface area (Å²) in [5.41, 5.74) is 6.48. The van der Waals surface area contributed by atoms with Gasteiger partial charge >= 0.3 is 0 Å². The van der Waals surface area contributed by atoms with Crippen molar-refractivity contribution >= 4 is 22.7 Å². The fourth-order valence-electron chi connectivity index (χ4n) is 1.85. The molecule has 3 rings (SSSR count). The summed E-state index contributed by atoms with van der Waals surface area (Å²) >= 11 is 0. The average molecular weight is 254 g/mol. The molecule has 6 heteroatoms. The van der Waals surface area contributed by atoms with Crippen molar-refractivity contribution in [3.05, 3.63) is 43.0 Å². The molecule has 0 saturated heterocycles. The van der Waals surface area contributed by atoms with Crippen LogP contribution in [0.5, 0.6) is 0 Å². The summed E-state index contributed by atoms with van der Waals surface area (Å²) < 4.78 is 1.92. The first-order chi connectivity index (χ1) is 9.31. The lowest BCUT2D eigenvalue weighted by Gasteiger charge is -2.06. The summed E-state index contributed by atoms with van der Waals surface area (Å²) in [6, 6.07) is 7.90. The van der Waals surface area contributed by atoms with Gasteiger partial charge in [-0.3, -0.25) is 0 Å². The summed E-state index contributed by atoms with van der Waals surface area (Å²) in [5, 5.41) is 4.22. The molecule has 0 atom stereocenters. The van der Waals surface area contributed by atoms with Crippen LogP contribution in [-0.2, 0) is 6.54 Å². The van der Waals surface area contributed by atoms with Crippen molar-refractivity contribution in [2.75, 3.05) is 17.6 Å². The predicted molar refractivity (Wildman–Crippen MR) is 74.7 cm³/mol. The molecular formula is C13H14N6. The maximum absolute atomic E-state index is 5.55. The van der Waals surface area contributed by atoms with E-state index in [0.29, 0.717) is 18.3 Å². The van der Waals surface area contributed by atoms with Crippen molar-refractivity contribution in [1.29, 1.82) is 0 Å². The second-order valence-electron chi connectivity index (χ2n) is 4.22. The fraction of sp³-hybridized carbons (Fsp3) is 0.154. The minimum absolute atomic E-state index is 0.530. The number of nitrogen functional groups attached to an aromatic ring is 1. The third-order valence-electron chi connectivity index (χ3n) is 2.80. The summed E-state index contributed by atoms with van der Waals surface area (Å²) in [4.78, 5) is 12.7. The van der Waals surface area contributed by atoms with E-state index < -0.39 is 0 Å². The first-order valence-corrected chi connectivity index (χ1v) is 6.04. The van der Waals surface area contributed by atoms with Crippen LogP contribution >= 0.6 is 0 Å². The number of rotatable bonds is 4. The van der Waals surface area contributed by atoms with Crippen molar-refractivity contribution in [2.24, 2.45) is 0 Å². The number of nitrogens with two attached hydrogens (primary N) is 1. The number of nitrogens with zero attached hydrogens (tertiary/aromatic N) is 4. The van der Waals surface area contributed by atoms with E-state index in [4.69, 9.17) is 5.73 Å². The minimum atomic E-state index is 0.530. The van der Waals surface area contributed by atoms with Crippen molar-refractivity contribution in [3.8, 4) is 0 Å². The molecular weight excluding hydrogens is 240 g/mol. The van der Waals surface area contributed by atoms with Gasteiger partial charge in [-0.15, -0.1) is 0 Å². The predicted octanol–water partition coefficient (Wildman–Crippen LogP) is 1.52. The molecule has 0 aliphatic carbocycles. The van der Waals surface area contributed by atoms with Crippen LogP contribution in [0.4, 0.5) is 11.8 Å². The van der Waals surface area contributed by atoms with E-state index in [2.05, 4.69) is 20.3 Å². The van der Waals surface area contributed by atoms with Gasteiger partial charge in [0.2, 0.25) is 5.95 Å². The Bertz CT molecular complexity index is 690. The second kappa shape index (κ2) is 4.93. The molecule has 96 valence electrons. The number of fused-ring (bicyclic) bond motifs is 1. The third-order valence-corrected chi connectivity index (χ3v) is 2.80. The number of anilines is 2. The highest BCUT2D eigenvalue weighted by molar-refractivity contribution is 5.78. The van der Waals surface area contributed by atoms with Crippen molar-refractivity contribution in [3.63, 3.8) is 0 Å². The van der Waals surface area contributed by atoms with E-state index in [1.165, 1.54) is 0 Å². The summed E-state index contributed by atoms with van der Waals surface area (Å²) in [6.45, 7) is 1.48. The number of hydrogen-bond acceptors (Lipinski definition) is 5. The lowest BCUT2D eigenvalue weighted by molar-refractivity contribution is 0.724. The highest BCUT2D eigenvalue weighted by atomic mass is 15.1. The molecule has 0 bridgehead atoms. The Morgan fingerprint density at radius 1 is 1.21 bits per heavy atom. The fourth-order valence-corrected chi connectivity index (χ4v) is 1.85. The van der Waals surface area contributed by atoms with Gasteiger partial charge in [0.25, 0.3) is 0 Å². The van der Waals surface area contributed by atoms with Crippen molar-refractivity contribution in [2.45, 2.75) is 6.54 Å². The molecule has 2 aromatic heterocycles. The normalized spacial score (nSPS) is 10.7. The SMILES string of the molecule is Nc1cn(CCNc2ncc3ccccc3n2)cn1. The Morgan fingerprint density at radius 2 is 2.11 bits per heavy atom. The van der Waals surface area contributed by atoms with E-state index in [1.54, 1.807) is 12.5 Å². The molecule has 0 amide bonds. The van der Waals surface area contributed by atoms with Gasteiger partial charge in [0.1, 0.15) is 5.82 Å². The van der Waals surface area contributed by atoms with Gasteiger partial charge in [-0.25, -0.2) is 15.0 Å². The second-order valence-corrected chi connectivity index (χ2v) is 4.22. The Labute approximate surface area is 110 Å². The van der Waals surface area contributed by atoms with Gasteiger partial charge < -0.3 is 15.6 Å². The molecule has 1 aromatic carbocycles. The largest absolute Gasteiger partial charge is 0.382 e. The van der Waals surface area contributed by atoms with Crippen LogP contribution in [0.3, 0.4) is 0 Å². The van der Waals surface area contributed by atoms with Gasteiger partial charge in [0.15, 0.2) is 0 Å². The summed E-state index contributed by atoms with van der Waals surface area (Å²) in [5.74, 6) is 1.16. The highest BCUT2D eigenvalue weighted by Gasteiger charge is 1.99. The van der Waals surface area contributed by atoms with Gasteiger partial charge in [-0.1, -0.05) is 18.2 Å².